The van der Waals surface area contributed by atoms with Gasteiger partial charge in [-0.1, -0.05) is 17.8 Å². The summed E-state index contributed by atoms with van der Waals surface area (Å²) in [5.41, 5.74) is 6.46. The number of carbonyl (C=O) groups is 1. The van der Waals surface area contributed by atoms with Crippen LogP contribution in [0.1, 0.15) is 27.6 Å². The molecule has 2 N–H and O–H groups in total. The SMILES string of the molecule is COC(=O)c1ccc(CSc2nc(N)c(C#N)c(COc3cccc(OC)c3)n2)o1. The standard InChI is InChI=1S/C20H18N4O5S/c1-26-12-4-3-5-13(8-12)28-10-16-15(9-21)18(22)24-20(23-16)30-11-14-6-7-17(29-14)19(25)27-2/h3-8H,10-11H2,1-2H3,(H2,22,23,24). The molecule has 0 bridgehead atoms. The molecule has 2 aromatic heterocycles. The number of thioether (sulfide) groups is 1. The van der Waals surface area contributed by atoms with Crippen LogP contribution in [0.5, 0.6) is 11.5 Å². The van der Waals surface area contributed by atoms with E-state index in [0.29, 0.717) is 33.9 Å². The quantitative estimate of drug-likeness (QED) is 0.325. The molecular weight excluding hydrogens is 408 g/mol. The van der Waals surface area contributed by atoms with Crippen LogP contribution in [0.15, 0.2) is 46.0 Å². The maximum Gasteiger partial charge on any atom is 0.373 e. The molecule has 0 radical (unpaired) electrons. The summed E-state index contributed by atoms with van der Waals surface area (Å²) >= 11 is 1.25. The van der Waals surface area contributed by atoms with Crippen LogP contribution in [-0.4, -0.2) is 30.2 Å². The Bertz CT molecular complexity index is 1090. The number of benzene rings is 1. The maximum atomic E-state index is 11.5. The fourth-order valence-electron chi connectivity index (χ4n) is 2.44. The first kappa shape index (κ1) is 21.0. The van der Waals surface area contributed by atoms with Gasteiger partial charge in [-0.3, -0.25) is 0 Å². The second kappa shape index (κ2) is 9.67. The summed E-state index contributed by atoms with van der Waals surface area (Å²) in [7, 11) is 2.84. The van der Waals surface area contributed by atoms with Gasteiger partial charge in [-0.05, 0) is 24.3 Å². The Morgan fingerprint density at radius 1 is 1.23 bits per heavy atom. The van der Waals surface area contributed by atoms with Crippen molar-refractivity contribution in [2.45, 2.75) is 17.5 Å². The van der Waals surface area contributed by atoms with E-state index in [4.69, 9.17) is 19.6 Å². The van der Waals surface area contributed by atoms with Crippen LogP contribution in [0.4, 0.5) is 5.82 Å². The number of esters is 1. The van der Waals surface area contributed by atoms with Crippen molar-refractivity contribution >= 4 is 23.5 Å². The van der Waals surface area contributed by atoms with Crippen LogP contribution >= 0.6 is 11.8 Å². The van der Waals surface area contributed by atoms with Gasteiger partial charge >= 0.3 is 5.97 Å². The lowest BCUT2D eigenvalue weighted by Gasteiger charge is -2.10. The number of nitrogens with zero attached hydrogens (tertiary/aromatic N) is 3. The lowest BCUT2D eigenvalue weighted by atomic mass is 10.2. The van der Waals surface area contributed by atoms with E-state index in [1.165, 1.54) is 24.9 Å². The predicted molar refractivity (Wildman–Crippen MR) is 108 cm³/mol. The van der Waals surface area contributed by atoms with E-state index in [2.05, 4.69) is 14.7 Å². The van der Waals surface area contributed by atoms with Crippen LogP contribution in [0.3, 0.4) is 0 Å². The Hall–Kier alpha value is -3.71. The third kappa shape index (κ3) is 5.01. The lowest BCUT2D eigenvalue weighted by molar-refractivity contribution is 0.0563. The largest absolute Gasteiger partial charge is 0.497 e. The van der Waals surface area contributed by atoms with Crippen molar-refractivity contribution in [3.8, 4) is 17.6 Å². The summed E-state index contributed by atoms with van der Waals surface area (Å²) in [4.78, 5) is 20.0. The smallest absolute Gasteiger partial charge is 0.373 e. The molecular formula is C20H18N4O5S. The van der Waals surface area contributed by atoms with Crippen molar-refractivity contribution in [1.82, 2.24) is 9.97 Å². The highest BCUT2D eigenvalue weighted by Crippen LogP contribution is 2.25. The Labute approximate surface area is 176 Å². The summed E-state index contributed by atoms with van der Waals surface area (Å²) in [6, 6.07) is 12.3. The van der Waals surface area contributed by atoms with Crippen molar-refractivity contribution < 1.29 is 23.4 Å². The molecule has 0 aliphatic carbocycles. The Kier molecular flexibility index (Phi) is 6.77. The number of carbonyl (C=O) groups excluding carboxylic acids is 1. The van der Waals surface area contributed by atoms with Crippen LogP contribution < -0.4 is 15.2 Å². The number of nitrogens with two attached hydrogens (primary N) is 1. The highest BCUT2D eigenvalue weighted by molar-refractivity contribution is 7.98. The number of nitrogen functional groups attached to an aromatic ring is 1. The minimum absolute atomic E-state index is 0.0313. The molecule has 30 heavy (non-hydrogen) atoms. The molecule has 0 unspecified atom stereocenters. The molecule has 0 amide bonds. The predicted octanol–water partition coefficient (Wildman–Crippen LogP) is 3.19. The van der Waals surface area contributed by atoms with E-state index in [-0.39, 0.29) is 23.7 Å². The summed E-state index contributed by atoms with van der Waals surface area (Å²) in [5, 5.41) is 9.76. The van der Waals surface area contributed by atoms with Crippen molar-refractivity contribution in [1.29, 1.82) is 5.26 Å². The van der Waals surface area contributed by atoms with Gasteiger partial charge in [0.2, 0.25) is 5.76 Å². The van der Waals surface area contributed by atoms with Crippen molar-refractivity contribution in [2.24, 2.45) is 0 Å². The van der Waals surface area contributed by atoms with Gasteiger partial charge in [0.25, 0.3) is 0 Å². The molecule has 9 nitrogen and oxygen atoms in total. The zero-order chi connectivity index (χ0) is 21.5. The number of ether oxygens (including phenoxy) is 3. The molecule has 0 atom stereocenters. The van der Waals surface area contributed by atoms with Gasteiger partial charge in [-0.15, -0.1) is 0 Å². The second-order valence-corrected chi connectivity index (χ2v) is 6.78. The molecule has 154 valence electrons. The van der Waals surface area contributed by atoms with Gasteiger partial charge in [-0.2, -0.15) is 5.26 Å². The first-order chi connectivity index (χ1) is 14.5. The molecule has 1 aromatic carbocycles. The summed E-state index contributed by atoms with van der Waals surface area (Å²) < 4.78 is 20.9. The number of methoxy groups -OCH3 is 2. The fourth-order valence-corrected chi connectivity index (χ4v) is 3.20. The zero-order valence-electron chi connectivity index (χ0n) is 16.2. The van der Waals surface area contributed by atoms with Crippen molar-refractivity contribution in [2.75, 3.05) is 20.0 Å². The molecule has 0 saturated heterocycles. The first-order valence-electron chi connectivity index (χ1n) is 8.67. The van der Waals surface area contributed by atoms with Gasteiger partial charge in [-0.25, -0.2) is 14.8 Å². The number of rotatable bonds is 8. The van der Waals surface area contributed by atoms with E-state index in [9.17, 15) is 10.1 Å². The van der Waals surface area contributed by atoms with Crippen LogP contribution in [0, 0.1) is 11.3 Å². The topological polar surface area (TPSA) is 133 Å². The van der Waals surface area contributed by atoms with E-state index in [0.717, 1.165) is 0 Å². The number of furan rings is 1. The maximum absolute atomic E-state index is 11.5. The minimum Gasteiger partial charge on any atom is -0.497 e. The zero-order valence-corrected chi connectivity index (χ0v) is 17.1. The molecule has 3 rings (SSSR count). The Balaban J connectivity index is 1.73. The number of hydrogen-bond acceptors (Lipinski definition) is 10. The number of anilines is 1. The molecule has 0 aliphatic rings. The molecule has 0 spiro atoms. The number of aromatic nitrogens is 2. The van der Waals surface area contributed by atoms with Gasteiger partial charge in [0, 0.05) is 6.07 Å². The lowest BCUT2D eigenvalue weighted by Crippen LogP contribution is -2.08. The number of hydrogen-bond donors (Lipinski definition) is 1. The molecule has 0 fully saturated rings. The third-order valence-corrected chi connectivity index (χ3v) is 4.78. The number of nitriles is 1. The average molecular weight is 426 g/mol. The molecule has 0 saturated carbocycles. The van der Waals surface area contributed by atoms with E-state index < -0.39 is 5.97 Å². The van der Waals surface area contributed by atoms with Crippen LogP contribution in [0.25, 0.3) is 0 Å². The molecule has 3 aromatic rings. The molecule has 0 aliphatic heterocycles. The van der Waals surface area contributed by atoms with Gasteiger partial charge < -0.3 is 24.4 Å². The van der Waals surface area contributed by atoms with Gasteiger partial charge in [0.05, 0.1) is 20.0 Å². The summed E-state index contributed by atoms with van der Waals surface area (Å²) in [6.07, 6.45) is 0. The Morgan fingerprint density at radius 2 is 2.03 bits per heavy atom. The second-order valence-electron chi connectivity index (χ2n) is 5.84. The summed E-state index contributed by atoms with van der Waals surface area (Å²) in [6.45, 7) is 0.0313. The summed E-state index contributed by atoms with van der Waals surface area (Å²) in [5.74, 6) is 1.74. The molecule has 10 heteroatoms. The first-order valence-corrected chi connectivity index (χ1v) is 9.65. The average Bonchev–Trinajstić information content (AvgIpc) is 3.24. The van der Waals surface area contributed by atoms with Crippen molar-refractivity contribution in [3.63, 3.8) is 0 Å². The van der Waals surface area contributed by atoms with Gasteiger partial charge in [0.1, 0.15) is 47.0 Å². The normalized spacial score (nSPS) is 10.3. The van der Waals surface area contributed by atoms with Crippen molar-refractivity contribution in [3.05, 3.63) is 59.2 Å². The third-order valence-electron chi connectivity index (χ3n) is 3.91. The van der Waals surface area contributed by atoms with E-state index in [1.54, 1.807) is 37.4 Å². The fraction of sp³-hybridized carbons (Fsp3) is 0.200. The minimum atomic E-state index is -0.554. The highest BCUT2D eigenvalue weighted by Gasteiger charge is 2.15. The molecule has 2 heterocycles. The van der Waals surface area contributed by atoms with Crippen LogP contribution in [0.2, 0.25) is 0 Å². The monoisotopic (exact) mass is 426 g/mol. The Morgan fingerprint density at radius 3 is 2.77 bits per heavy atom. The van der Waals surface area contributed by atoms with Gasteiger partial charge in [0.15, 0.2) is 5.16 Å². The van der Waals surface area contributed by atoms with E-state index >= 15 is 0 Å². The highest BCUT2D eigenvalue weighted by atomic mass is 32.2. The van der Waals surface area contributed by atoms with Crippen LogP contribution in [-0.2, 0) is 17.1 Å². The van der Waals surface area contributed by atoms with E-state index in [1.807, 2.05) is 6.07 Å².